The summed E-state index contributed by atoms with van der Waals surface area (Å²) in [7, 11) is 1.86. The highest BCUT2D eigenvalue weighted by molar-refractivity contribution is 5.80. The third kappa shape index (κ3) is 4.94. The number of aliphatic imine (C=N–C) groups is 1. The van der Waals surface area contributed by atoms with E-state index in [4.69, 9.17) is 9.26 Å². The number of aromatic nitrogens is 2. The van der Waals surface area contributed by atoms with Crippen LogP contribution in [-0.2, 0) is 11.2 Å². The molecule has 0 radical (unpaired) electrons. The van der Waals surface area contributed by atoms with E-state index in [1.807, 2.05) is 7.05 Å². The quantitative estimate of drug-likeness (QED) is 0.460. The Labute approximate surface area is 156 Å². The van der Waals surface area contributed by atoms with Gasteiger partial charge in [0.05, 0.1) is 13.2 Å². The van der Waals surface area contributed by atoms with Crippen LogP contribution in [0.15, 0.2) is 9.52 Å². The second kappa shape index (κ2) is 9.32. The van der Waals surface area contributed by atoms with Gasteiger partial charge in [-0.05, 0) is 12.8 Å². The van der Waals surface area contributed by atoms with Crippen LogP contribution in [0, 0.1) is 0 Å². The van der Waals surface area contributed by atoms with E-state index in [0.717, 1.165) is 76.5 Å². The third-order valence-corrected chi connectivity index (χ3v) is 5.09. The molecule has 3 rings (SSSR count). The summed E-state index contributed by atoms with van der Waals surface area (Å²) in [5.74, 6) is 2.81. The molecular weight excluding hydrogens is 332 g/mol. The van der Waals surface area contributed by atoms with Gasteiger partial charge in [-0.25, -0.2) is 0 Å². The number of nitrogens with one attached hydrogen (secondary N) is 1. The minimum Gasteiger partial charge on any atom is -0.379 e. The molecule has 146 valence electrons. The fraction of sp³-hybridized carbons (Fsp3) is 0.833. The molecule has 0 aromatic carbocycles. The van der Waals surface area contributed by atoms with Crippen LogP contribution in [-0.4, -0.2) is 84.9 Å². The summed E-state index contributed by atoms with van der Waals surface area (Å²) in [5.41, 5.74) is 0. The van der Waals surface area contributed by atoms with Gasteiger partial charge >= 0.3 is 0 Å². The molecule has 2 saturated heterocycles. The molecule has 8 heteroatoms. The number of hydrogen-bond acceptors (Lipinski definition) is 6. The number of aryl methyl sites for hydroxylation is 1. The van der Waals surface area contributed by atoms with Gasteiger partial charge in [-0.3, -0.25) is 9.89 Å². The average molecular weight is 364 g/mol. The average Bonchev–Trinajstić information content (AvgIpc) is 3.32. The van der Waals surface area contributed by atoms with Gasteiger partial charge in [0.15, 0.2) is 11.8 Å². The highest BCUT2D eigenvalue weighted by Crippen LogP contribution is 2.17. The van der Waals surface area contributed by atoms with Crippen LogP contribution in [0.3, 0.4) is 0 Å². The summed E-state index contributed by atoms with van der Waals surface area (Å²) in [6.07, 6.45) is 2.93. The molecule has 26 heavy (non-hydrogen) atoms. The molecular formula is C18H32N6O2. The normalized spacial score (nSPS) is 22.4. The minimum atomic E-state index is 0.305. The second-order valence-electron chi connectivity index (χ2n) is 7.32. The van der Waals surface area contributed by atoms with Crippen molar-refractivity contribution in [1.82, 2.24) is 25.3 Å². The predicted molar refractivity (Wildman–Crippen MR) is 100 cm³/mol. The molecule has 1 N–H and O–H groups in total. The number of ether oxygens (including phenoxy) is 1. The van der Waals surface area contributed by atoms with Crippen LogP contribution in [0.25, 0.3) is 0 Å². The smallest absolute Gasteiger partial charge is 0.226 e. The molecule has 1 atom stereocenters. The fourth-order valence-electron chi connectivity index (χ4n) is 3.55. The first kappa shape index (κ1) is 19.1. The maximum atomic E-state index is 5.46. The highest BCUT2D eigenvalue weighted by Gasteiger charge is 2.30. The summed E-state index contributed by atoms with van der Waals surface area (Å²) in [4.78, 5) is 13.8. The molecule has 0 aliphatic carbocycles. The van der Waals surface area contributed by atoms with Gasteiger partial charge < -0.3 is 19.5 Å². The molecule has 0 bridgehead atoms. The Balaban J connectivity index is 1.39. The standard InChI is InChI=1S/C18H32N6O2/c1-14(2)17-21-16(26-22-17)5-4-7-20-18(19-3)24-8-6-15(13-24)23-9-11-25-12-10-23/h14-15H,4-13H2,1-3H3,(H,19,20). The largest absolute Gasteiger partial charge is 0.379 e. The Hall–Kier alpha value is -1.67. The van der Waals surface area contributed by atoms with E-state index in [0.29, 0.717) is 12.0 Å². The molecule has 1 aromatic heterocycles. The number of likely N-dealkylation sites (tertiary alicyclic amines) is 1. The summed E-state index contributed by atoms with van der Waals surface area (Å²) in [6, 6.07) is 0.616. The van der Waals surface area contributed by atoms with Crippen LogP contribution < -0.4 is 5.32 Å². The Bertz CT molecular complexity index is 582. The lowest BCUT2D eigenvalue weighted by atomic mass is 10.2. The molecule has 0 spiro atoms. The van der Waals surface area contributed by atoms with Gasteiger partial charge in [-0.2, -0.15) is 4.98 Å². The van der Waals surface area contributed by atoms with E-state index >= 15 is 0 Å². The Morgan fingerprint density at radius 3 is 2.81 bits per heavy atom. The van der Waals surface area contributed by atoms with Crippen LogP contribution >= 0.6 is 0 Å². The zero-order chi connectivity index (χ0) is 18.4. The van der Waals surface area contributed by atoms with E-state index in [9.17, 15) is 0 Å². The molecule has 2 aliphatic rings. The number of guanidine groups is 1. The fourth-order valence-corrected chi connectivity index (χ4v) is 3.55. The summed E-state index contributed by atoms with van der Waals surface area (Å²) < 4.78 is 10.8. The molecule has 3 heterocycles. The maximum Gasteiger partial charge on any atom is 0.226 e. The Morgan fingerprint density at radius 2 is 2.12 bits per heavy atom. The van der Waals surface area contributed by atoms with Gasteiger partial charge in [0.1, 0.15) is 0 Å². The number of hydrogen-bond donors (Lipinski definition) is 1. The van der Waals surface area contributed by atoms with Gasteiger partial charge in [0.2, 0.25) is 5.89 Å². The van der Waals surface area contributed by atoms with Crippen molar-refractivity contribution in [2.75, 3.05) is 53.0 Å². The first-order valence-corrected chi connectivity index (χ1v) is 9.77. The van der Waals surface area contributed by atoms with E-state index < -0.39 is 0 Å². The van der Waals surface area contributed by atoms with Crippen molar-refractivity contribution in [3.63, 3.8) is 0 Å². The first-order valence-electron chi connectivity index (χ1n) is 9.77. The van der Waals surface area contributed by atoms with Gasteiger partial charge in [0.25, 0.3) is 0 Å². The van der Waals surface area contributed by atoms with Crippen LogP contribution in [0.1, 0.15) is 44.3 Å². The maximum absolute atomic E-state index is 5.46. The lowest BCUT2D eigenvalue weighted by molar-refractivity contribution is 0.0195. The van der Waals surface area contributed by atoms with E-state index in [-0.39, 0.29) is 0 Å². The summed E-state index contributed by atoms with van der Waals surface area (Å²) in [6.45, 7) is 10.9. The number of nitrogens with zero attached hydrogens (tertiary/aromatic N) is 5. The molecule has 0 amide bonds. The Morgan fingerprint density at radius 1 is 1.31 bits per heavy atom. The third-order valence-electron chi connectivity index (χ3n) is 5.09. The zero-order valence-corrected chi connectivity index (χ0v) is 16.3. The molecule has 2 aliphatic heterocycles. The molecule has 2 fully saturated rings. The zero-order valence-electron chi connectivity index (χ0n) is 16.3. The van der Waals surface area contributed by atoms with Crippen molar-refractivity contribution in [3.8, 4) is 0 Å². The number of morpholine rings is 1. The van der Waals surface area contributed by atoms with Crippen molar-refractivity contribution in [3.05, 3.63) is 11.7 Å². The van der Waals surface area contributed by atoms with Crippen molar-refractivity contribution in [1.29, 1.82) is 0 Å². The van der Waals surface area contributed by atoms with Gasteiger partial charge in [-0.1, -0.05) is 19.0 Å². The van der Waals surface area contributed by atoms with Crippen LogP contribution in [0.5, 0.6) is 0 Å². The first-order chi connectivity index (χ1) is 12.7. The molecule has 0 saturated carbocycles. The number of rotatable bonds is 6. The topological polar surface area (TPSA) is 79.0 Å². The molecule has 8 nitrogen and oxygen atoms in total. The monoisotopic (exact) mass is 364 g/mol. The minimum absolute atomic E-state index is 0.305. The SMILES string of the molecule is CN=C(NCCCc1nc(C(C)C)no1)N1CCC(N2CCOCC2)C1. The van der Waals surface area contributed by atoms with E-state index in [2.05, 4.69) is 44.1 Å². The van der Waals surface area contributed by atoms with Crippen molar-refractivity contribution < 1.29 is 9.26 Å². The van der Waals surface area contributed by atoms with E-state index in [1.165, 1.54) is 6.42 Å². The van der Waals surface area contributed by atoms with Crippen molar-refractivity contribution >= 4 is 5.96 Å². The van der Waals surface area contributed by atoms with Crippen molar-refractivity contribution in [2.24, 2.45) is 4.99 Å². The molecule has 1 unspecified atom stereocenters. The summed E-state index contributed by atoms with van der Waals surface area (Å²) >= 11 is 0. The predicted octanol–water partition coefficient (Wildman–Crippen LogP) is 1.11. The van der Waals surface area contributed by atoms with E-state index in [1.54, 1.807) is 0 Å². The Kier molecular flexibility index (Phi) is 6.85. The van der Waals surface area contributed by atoms with Gasteiger partial charge in [-0.15, -0.1) is 0 Å². The second-order valence-corrected chi connectivity index (χ2v) is 7.32. The summed E-state index contributed by atoms with van der Waals surface area (Å²) in [5, 5.41) is 7.49. The van der Waals surface area contributed by atoms with Crippen molar-refractivity contribution in [2.45, 2.75) is 45.1 Å². The van der Waals surface area contributed by atoms with Gasteiger partial charge in [0, 0.05) is 58.2 Å². The lowest BCUT2D eigenvalue weighted by Crippen LogP contribution is -2.46. The lowest BCUT2D eigenvalue weighted by Gasteiger charge is -2.32. The molecule has 1 aromatic rings. The van der Waals surface area contributed by atoms with Crippen LogP contribution in [0.4, 0.5) is 0 Å². The highest BCUT2D eigenvalue weighted by atomic mass is 16.5. The van der Waals surface area contributed by atoms with Crippen LogP contribution in [0.2, 0.25) is 0 Å².